The van der Waals surface area contributed by atoms with Crippen molar-refractivity contribution in [3.05, 3.63) is 88.4 Å². The summed E-state index contributed by atoms with van der Waals surface area (Å²) in [6, 6.07) is 16.8. The van der Waals surface area contributed by atoms with Crippen molar-refractivity contribution >= 4 is 45.1 Å². The third kappa shape index (κ3) is 7.02. The molecular weight excluding hydrogens is 609 g/mol. The second-order valence-electron chi connectivity index (χ2n) is 9.78. The number of rotatable bonds is 6. The van der Waals surface area contributed by atoms with Gasteiger partial charge in [0.05, 0.1) is 27.4 Å². The van der Waals surface area contributed by atoms with Gasteiger partial charge in [0.25, 0.3) is 10.0 Å². The molecule has 220 valence electrons. The van der Waals surface area contributed by atoms with E-state index in [-0.39, 0.29) is 22.2 Å². The zero-order valence-corrected chi connectivity index (χ0v) is 24.7. The van der Waals surface area contributed by atoms with Crippen molar-refractivity contribution in [1.29, 1.82) is 0 Å². The number of nitrogens with zero attached hydrogens (tertiary/aromatic N) is 5. The molecule has 1 aliphatic heterocycles. The first-order chi connectivity index (χ1) is 20.0. The maximum Gasteiger partial charge on any atom is 0.435 e. The number of nitrogens with one attached hydrogen (secondary N) is 1. The summed E-state index contributed by atoms with van der Waals surface area (Å²) in [6.07, 6.45) is -1.37. The van der Waals surface area contributed by atoms with Gasteiger partial charge in [0.15, 0.2) is 5.69 Å². The van der Waals surface area contributed by atoms with Crippen molar-refractivity contribution in [3.8, 4) is 16.3 Å². The molecule has 1 N–H and O–H groups in total. The lowest BCUT2D eigenvalue weighted by Gasteiger charge is -2.31. The second-order valence-corrected chi connectivity index (χ2v) is 12.8. The van der Waals surface area contributed by atoms with E-state index >= 15 is 0 Å². The van der Waals surface area contributed by atoms with E-state index in [0.717, 1.165) is 29.2 Å². The molecule has 14 heteroatoms. The van der Waals surface area contributed by atoms with E-state index in [1.165, 1.54) is 41.8 Å². The van der Waals surface area contributed by atoms with Crippen LogP contribution in [0.3, 0.4) is 0 Å². The summed E-state index contributed by atoms with van der Waals surface area (Å²) < 4.78 is 72.4. The Kier molecular flexibility index (Phi) is 8.71. The molecule has 1 saturated heterocycles. The maximum absolute atomic E-state index is 13.5. The SMILES string of the molecule is CC1CCN(C(=NS(=O)(=O)c2ccc(-n3nc(C(F)(F)F)cc3-c3cccs3)cc2)NN=Cc2ccc(Cl)cc2)CC1. The zero-order chi connectivity index (χ0) is 29.9. The average Bonchev–Trinajstić information content (AvgIpc) is 3.65. The van der Waals surface area contributed by atoms with E-state index in [0.29, 0.717) is 28.9 Å². The van der Waals surface area contributed by atoms with Crippen molar-refractivity contribution in [2.45, 2.75) is 30.8 Å². The monoisotopic (exact) mass is 634 g/mol. The number of benzene rings is 2. The van der Waals surface area contributed by atoms with Gasteiger partial charge in [-0.25, -0.2) is 10.1 Å². The molecule has 42 heavy (non-hydrogen) atoms. The lowest BCUT2D eigenvalue weighted by Crippen LogP contribution is -2.44. The van der Waals surface area contributed by atoms with Crippen LogP contribution in [0.15, 0.2) is 86.5 Å². The van der Waals surface area contributed by atoms with Crippen molar-refractivity contribution < 1.29 is 21.6 Å². The van der Waals surface area contributed by atoms with E-state index in [1.54, 1.807) is 41.8 Å². The fourth-order valence-corrected chi connectivity index (χ4v) is 6.15. The molecule has 8 nitrogen and oxygen atoms in total. The molecule has 0 unspecified atom stereocenters. The Labute approximate surface area is 250 Å². The number of alkyl halides is 3. The summed E-state index contributed by atoms with van der Waals surface area (Å²) in [4.78, 5) is 2.30. The summed E-state index contributed by atoms with van der Waals surface area (Å²) in [5.41, 5.74) is 3.01. The molecular formula is C28H26ClF3N6O2S2. The highest BCUT2D eigenvalue weighted by Crippen LogP contribution is 2.35. The fourth-order valence-electron chi connectivity index (χ4n) is 4.32. The third-order valence-corrected chi connectivity index (χ3v) is 9.12. The zero-order valence-electron chi connectivity index (χ0n) is 22.3. The molecule has 2 aromatic carbocycles. The molecule has 2 aromatic heterocycles. The number of thiophene rings is 1. The number of hydrogen-bond acceptors (Lipinski definition) is 5. The number of likely N-dealkylation sites (tertiary alicyclic amines) is 1. The van der Waals surface area contributed by atoms with Crippen LogP contribution in [0, 0.1) is 5.92 Å². The quantitative estimate of drug-likeness (QED) is 0.145. The number of hydrogen-bond donors (Lipinski definition) is 1. The number of hydrazone groups is 1. The van der Waals surface area contributed by atoms with Crippen LogP contribution in [-0.2, 0) is 16.2 Å². The van der Waals surface area contributed by atoms with Crippen LogP contribution in [0.5, 0.6) is 0 Å². The maximum atomic E-state index is 13.5. The van der Waals surface area contributed by atoms with Crippen LogP contribution in [0.4, 0.5) is 13.2 Å². The molecule has 4 aromatic rings. The van der Waals surface area contributed by atoms with E-state index in [4.69, 9.17) is 11.6 Å². The van der Waals surface area contributed by atoms with Gasteiger partial charge in [-0.3, -0.25) is 0 Å². The lowest BCUT2D eigenvalue weighted by molar-refractivity contribution is -0.141. The van der Waals surface area contributed by atoms with Crippen molar-refractivity contribution in [2.24, 2.45) is 15.4 Å². The lowest BCUT2D eigenvalue weighted by atomic mass is 10.00. The van der Waals surface area contributed by atoms with Crippen LogP contribution in [0.1, 0.15) is 31.0 Å². The second kappa shape index (κ2) is 12.3. The molecule has 1 fully saturated rings. The molecule has 0 atom stereocenters. The topological polar surface area (TPSA) is 92.0 Å². The Morgan fingerprint density at radius 1 is 1.10 bits per heavy atom. The number of aromatic nitrogens is 2. The summed E-state index contributed by atoms with van der Waals surface area (Å²) in [7, 11) is -4.21. The molecule has 0 aliphatic carbocycles. The molecule has 0 spiro atoms. The highest BCUT2D eigenvalue weighted by Gasteiger charge is 2.35. The first kappa shape index (κ1) is 29.8. The van der Waals surface area contributed by atoms with Crippen LogP contribution in [-0.4, -0.2) is 48.4 Å². The van der Waals surface area contributed by atoms with Gasteiger partial charge in [-0.2, -0.15) is 31.8 Å². The average molecular weight is 635 g/mol. The van der Waals surface area contributed by atoms with E-state index in [2.05, 4.69) is 26.9 Å². The number of sulfonamides is 1. The third-order valence-electron chi connectivity index (χ3n) is 6.69. The molecule has 3 heterocycles. The predicted octanol–water partition coefficient (Wildman–Crippen LogP) is 6.67. The summed E-state index contributed by atoms with van der Waals surface area (Å²) in [5, 5.41) is 10.3. The minimum atomic E-state index is -4.64. The highest BCUT2D eigenvalue weighted by molar-refractivity contribution is 7.90. The van der Waals surface area contributed by atoms with Crippen LogP contribution in [0.2, 0.25) is 5.02 Å². The van der Waals surface area contributed by atoms with Gasteiger partial charge in [0, 0.05) is 18.1 Å². The fraction of sp³-hybridized carbons (Fsp3) is 0.250. The minimum Gasteiger partial charge on any atom is -0.341 e. The van der Waals surface area contributed by atoms with E-state index < -0.39 is 21.9 Å². The first-order valence-corrected chi connectivity index (χ1v) is 15.7. The van der Waals surface area contributed by atoms with Gasteiger partial charge >= 0.3 is 6.18 Å². The van der Waals surface area contributed by atoms with Crippen molar-refractivity contribution in [1.82, 2.24) is 20.1 Å². The van der Waals surface area contributed by atoms with Gasteiger partial charge in [-0.1, -0.05) is 36.7 Å². The molecule has 0 bridgehead atoms. The van der Waals surface area contributed by atoms with E-state index in [9.17, 15) is 21.6 Å². The Morgan fingerprint density at radius 2 is 1.79 bits per heavy atom. The summed E-state index contributed by atoms with van der Waals surface area (Å²) in [6.45, 7) is 3.34. The summed E-state index contributed by atoms with van der Waals surface area (Å²) >= 11 is 7.20. The van der Waals surface area contributed by atoms with E-state index in [1.807, 2.05) is 4.90 Å². The Bertz CT molecular complexity index is 1680. The van der Waals surface area contributed by atoms with Crippen LogP contribution in [0.25, 0.3) is 16.3 Å². The number of guanidine groups is 1. The van der Waals surface area contributed by atoms with Gasteiger partial charge < -0.3 is 4.90 Å². The number of piperidine rings is 1. The van der Waals surface area contributed by atoms with Gasteiger partial charge in [0.2, 0.25) is 5.96 Å². The molecule has 0 radical (unpaired) electrons. The minimum absolute atomic E-state index is 0.0815. The molecule has 5 rings (SSSR count). The summed E-state index contributed by atoms with van der Waals surface area (Å²) in [5.74, 6) is 0.585. The molecule has 0 amide bonds. The van der Waals surface area contributed by atoms with Crippen molar-refractivity contribution in [2.75, 3.05) is 13.1 Å². The molecule has 0 saturated carbocycles. The predicted molar refractivity (Wildman–Crippen MR) is 159 cm³/mol. The first-order valence-electron chi connectivity index (χ1n) is 13.0. The molecule has 1 aliphatic rings. The van der Waals surface area contributed by atoms with Gasteiger partial charge in [-0.15, -0.1) is 15.7 Å². The highest BCUT2D eigenvalue weighted by atomic mass is 35.5. The van der Waals surface area contributed by atoms with Gasteiger partial charge in [0.1, 0.15) is 0 Å². The normalized spacial score (nSPS) is 15.5. The standard InChI is InChI=1S/C28H26ClF3N6O2S2/c1-19-12-14-37(15-13-19)27(34-33-18-20-4-6-21(29)7-5-20)36-42(39,40)23-10-8-22(9-11-23)38-24(25-3-2-16-41-25)17-26(35-38)28(30,31)32/h2-11,16-19H,12-15H2,1H3,(H,34,36). The smallest absolute Gasteiger partial charge is 0.341 e. The van der Waals surface area contributed by atoms with Crippen molar-refractivity contribution in [3.63, 3.8) is 0 Å². The number of halogens is 4. The van der Waals surface area contributed by atoms with Gasteiger partial charge in [-0.05, 0) is 78.2 Å². The van der Waals surface area contributed by atoms with Crippen LogP contribution < -0.4 is 5.43 Å². The largest absolute Gasteiger partial charge is 0.435 e. The Balaban J connectivity index is 1.44. The Hall–Kier alpha value is -3.68. The Morgan fingerprint density at radius 3 is 2.40 bits per heavy atom. The van der Waals surface area contributed by atoms with Crippen LogP contribution >= 0.6 is 22.9 Å².